The molecule has 0 aromatic rings. The van der Waals surface area contributed by atoms with Gasteiger partial charge in [0.25, 0.3) is 0 Å². The maximum Gasteiger partial charge on any atom is 0.303 e. The Balaban J connectivity index is 2.08. The van der Waals surface area contributed by atoms with Crippen LogP contribution in [0.4, 0.5) is 0 Å². The molecule has 0 unspecified atom stereocenters. The van der Waals surface area contributed by atoms with Gasteiger partial charge in [0.15, 0.2) is 12.6 Å². The van der Waals surface area contributed by atoms with Crippen LogP contribution in [0.2, 0.25) is 0 Å². The minimum atomic E-state index is -1.97. The first-order valence-corrected chi connectivity index (χ1v) is 28.2. The Morgan fingerprint density at radius 2 is 1.21 bits per heavy atom. The first-order valence-electron chi connectivity index (χ1n) is 27.3. The largest absolute Gasteiger partial charge is 0.481 e. The van der Waals surface area contributed by atoms with Gasteiger partial charge in [0.05, 0.1) is 42.4 Å². The van der Waals surface area contributed by atoms with Crippen LogP contribution >= 0.6 is 24.4 Å². The predicted octanol–water partition coefficient (Wildman–Crippen LogP) is -7.75. The van der Waals surface area contributed by atoms with E-state index in [2.05, 4.69) is 47.9 Å². The van der Waals surface area contributed by atoms with Gasteiger partial charge in [-0.05, 0) is 65.7 Å². The molecular weight excluding hydrogens is 1170 g/mol. The number of hydrogen-bond acceptors (Lipinski definition) is 22. The Morgan fingerprint density at radius 1 is 0.647 bits per heavy atom. The molecule has 17 atom stereocenters. The lowest BCUT2D eigenvalue weighted by Crippen LogP contribution is -2.70. The third-order valence-electron chi connectivity index (χ3n) is 13.6. The van der Waals surface area contributed by atoms with E-state index in [1.54, 1.807) is 13.8 Å². The molecule has 0 aromatic heterocycles. The van der Waals surface area contributed by atoms with Crippen LogP contribution in [0, 0.1) is 5.92 Å². The van der Waals surface area contributed by atoms with Gasteiger partial charge in [-0.1, -0.05) is 38.3 Å². The van der Waals surface area contributed by atoms with E-state index in [-0.39, 0.29) is 41.7 Å². The van der Waals surface area contributed by atoms with Crippen molar-refractivity contribution in [2.45, 2.75) is 197 Å². The molecule has 10 amide bonds. The molecule has 0 aliphatic carbocycles. The van der Waals surface area contributed by atoms with E-state index in [4.69, 9.17) is 54.9 Å². The Labute approximate surface area is 500 Å². The topological polar surface area (TPSA) is 510 Å². The number of rotatable bonds is 32. The maximum atomic E-state index is 14.8. The second-order valence-corrected chi connectivity index (χ2v) is 22.3. The van der Waals surface area contributed by atoms with Gasteiger partial charge in [-0.15, -0.1) is 0 Å². The van der Waals surface area contributed by atoms with Crippen LogP contribution in [0.15, 0.2) is 0 Å². The summed E-state index contributed by atoms with van der Waals surface area (Å²) in [6.45, 7) is 6.93. The van der Waals surface area contributed by atoms with Crippen LogP contribution < -0.4 is 59.3 Å². The Kier molecular flexibility index (Phi) is 29.7. The predicted molar refractivity (Wildman–Crippen MR) is 301 cm³/mol. The van der Waals surface area contributed by atoms with Crippen molar-refractivity contribution in [2.24, 2.45) is 17.4 Å². The van der Waals surface area contributed by atoms with Crippen LogP contribution in [-0.4, -0.2) is 247 Å². The number of hydrogen-bond donors (Lipinski definition) is 17. The summed E-state index contributed by atoms with van der Waals surface area (Å²) in [6.07, 6.45) is -16.2. The number of ether oxygens (including phenoxy) is 4. The molecule has 3 saturated heterocycles. The number of nitrogens with zero attached hydrogens (tertiary/aromatic N) is 1. The summed E-state index contributed by atoms with van der Waals surface area (Å²) in [7, 11) is 0. The van der Waals surface area contributed by atoms with Gasteiger partial charge in [0, 0.05) is 26.3 Å². The van der Waals surface area contributed by atoms with Gasteiger partial charge in [0.1, 0.15) is 85.0 Å². The monoisotopic (exact) mass is 1250 g/mol. The minimum absolute atomic E-state index is 0.0224. The molecular formula is C50H82N12O21S2. The van der Waals surface area contributed by atoms with E-state index in [0.29, 0.717) is 6.42 Å². The number of aliphatic hydroxyl groups excluding tert-OH is 5. The number of carbonyl (C=O) groups excluding carboxylic acids is 10. The third kappa shape index (κ3) is 22.8. The van der Waals surface area contributed by atoms with E-state index >= 15 is 0 Å². The summed E-state index contributed by atoms with van der Waals surface area (Å²) in [5.41, 5.74) is 10.6. The van der Waals surface area contributed by atoms with Crippen LogP contribution in [0.25, 0.3) is 0 Å². The summed E-state index contributed by atoms with van der Waals surface area (Å²) in [5.74, 6) is -10.6. The zero-order chi connectivity index (χ0) is 64.2. The molecule has 0 saturated carbocycles. The highest BCUT2D eigenvalue weighted by atomic mass is 32.1. The highest BCUT2D eigenvalue weighted by Gasteiger charge is 2.53. The van der Waals surface area contributed by atoms with Crippen molar-refractivity contribution in [1.82, 2.24) is 52.8 Å². The number of nitrogens with one attached hydrogen (secondary N) is 9. The quantitative estimate of drug-likeness (QED) is 0.0278. The molecule has 480 valence electrons. The average Bonchev–Trinajstić information content (AvgIpc) is 2.88. The molecule has 19 N–H and O–H groups in total. The number of aliphatic carboxylic acids is 1. The van der Waals surface area contributed by atoms with Gasteiger partial charge >= 0.3 is 5.97 Å². The lowest BCUT2D eigenvalue weighted by molar-refractivity contribution is -0.331. The summed E-state index contributed by atoms with van der Waals surface area (Å²) in [5, 5.41) is 85.9. The van der Waals surface area contributed by atoms with Crippen molar-refractivity contribution in [3.63, 3.8) is 0 Å². The number of nitrogens with two attached hydrogens (primary N) is 2. The van der Waals surface area contributed by atoms with Crippen molar-refractivity contribution in [3.8, 4) is 0 Å². The van der Waals surface area contributed by atoms with E-state index in [9.17, 15) is 83.4 Å². The summed E-state index contributed by atoms with van der Waals surface area (Å²) >= 11 is 10.6. The molecule has 0 radical (unpaired) electrons. The Hall–Kier alpha value is -6.41. The summed E-state index contributed by atoms with van der Waals surface area (Å²) < 4.78 is 24.5. The van der Waals surface area contributed by atoms with Crippen molar-refractivity contribution in [3.05, 3.63) is 0 Å². The third-order valence-corrected chi connectivity index (χ3v) is 13.9. The summed E-state index contributed by atoms with van der Waals surface area (Å²) in [6, 6.07) is -11.9. The first kappa shape index (κ1) is 72.8. The van der Waals surface area contributed by atoms with Crippen molar-refractivity contribution in [1.29, 1.82) is 0 Å². The van der Waals surface area contributed by atoms with Crippen LogP contribution in [0.5, 0.6) is 0 Å². The molecule has 0 spiro atoms. The Morgan fingerprint density at radius 3 is 1.78 bits per heavy atom. The number of carboxylic acids is 1. The van der Waals surface area contributed by atoms with Crippen molar-refractivity contribution >= 4 is 99.5 Å². The van der Waals surface area contributed by atoms with Gasteiger partial charge in [-0.3, -0.25) is 52.7 Å². The number of carboxylic acid groups (broad SMARTS) is 1. The van der Waals surface area contributed by atoms with E-state index in [1.807, 2.05) is 0 Å². The molecule has 3 fully saturated rings. The van der Waals surface area contributed by atoms with Crippen molar-refractivity contribution in [2.75, 3.05) is 32.8 Å². The number of likely N-dealkylation sites (tertiary alicyclic amines) is 1. The highest BCUT2D eigenvalue weighted by molar-refractivity contribution is 7.80. The number of primary amides is 2. The molecule has 3 heterocycles. The number of carbonyl (C=O) groups is 11. The maximum absolute atomic E-state index is 14.8. The molecule has 3 aliphatic rings. The zero-order valence-corrected chi connectivity index (χ0v) is 49.7. The molecule has 33 nitrogen and oxygen atoms in total. The van der Waals surface area contributed by atoms with Crippen LogP contribution in [0.3, 0.4) is 0 Å². The van der Waals surface area contributed by atoms with E-state index in [0.717, 1.165) is 11.8 Å². The van der Waals surface area contributed by atoms with Gasteiger partial charge in [-0.25, -0.2) is 0 Å². The Bertz CT molecular complexity index is 2410. The van der Waals surface area contributed by atoms with Crippen molar-refractivity contribution < 1.29 is 102 Å². The second-order valence-electron chi connectivity index (χ2n) is 21.1. The standard InChI is InChI=1S/C50H82N12O21S2/c1-20(2)15-28(60-45(76)27(56-23(5)65)11-13-35(69)70)46(77)55-21(3)43(74)61-36(48(79)59-26(10-12-32(51)66)44(75)54-17-34(68)62-14-8-9-29(62)47(78)53-16-33(52)67)22(4)80-50-38(58-25(7)85)42(40(72)31(19-64)82-50)83-49-37(57-24(6)84)41(73)39(71)30(18-63)81-49/h20-22,26-31,36-42,49-50,63-64,71-73H,8-19H2,1-7H3,(H2,51,66)(H2,52,67)(H,53,78)(H,54,75)(H,55,77)(H,56,65)(H,57,84)(H,58,85)(H,59,79)(H,60,76)(H,61,74)(H,69,70)/t21-,22+,26-,27-,28-,29-,30+,31+,36-,37+,38+,39-,40-,41+,42+,49+,50-/m0/s1. The molecule has 0 aromatic carbocycles. The zero-order valence-electron chi connectivity index (χ0n) is 48.1. The molecule has 0 bridgehead atoms. The van der Waals surface area contributed by atoms with Gasteiger partial charge < -0.3 is 114 Å². The summed E-state index contributed by atoms with van der Waals surface area (Å²) in [4.78, 5) is 145. The molecule has 35 heteroatoms. The normalized spacial score (nSPS) is 25.9. The van der Waals surface area contributed by atoms with Crippen LogP contribution in [-0.2, 0) is 71.7 Å². The molecule has 85 heavy (non-hydrogen) atoms. The van der Waals surface area contributed by atoms with Gasteiger partial charge in [-0.2, -0.15) is 0 Å². The fraction of sp³-hybridized carbons (Fsp3) is 0.740. The second kappa shape index (κ2) is 34.7. The lowest BCUT2D eigenvalue weighted by atomic mass is 9.94. The van der Waals surface area contributed by atoms with E-state index in [1.165, 1.54) is 27.7 Å². The first-order chi connectivity index (χ1) is 39.8. The molecule has 3 rings (SSSR count). The fourth-order valence-corrected chi connectivity index (χ4v) is 9.68. The van der Waals surface area contributed by atoms with E-state index < -0.39 is 214 Å². The highest BCUT2D eigenvalue weighted by Crippen LogP contribution is 2.31. The molecule has 3 aliphatic heterocycles. The van der Waals surface area contributed by atoms with Crippen LogP contribution in [0.1, 0.15) is 93.4 Å². The number of aliphatic hydroxyl groups is 5. The average molecular weight is 1250 g/mol. The smallest absolute Gasteiger partial charge is 0.303 e. The number of amides is 10. The lowest BCUT2D eigenvalue weighted by Gasteiger charge is -2.49. The minimum Gasteiger partial charge on any atom is -0.481 e. The van der Waals surface area contributed by atoms with Gasteiger partial charge in [0.2, 0.25) is 59.1 Å². The fourth-order valence-electron chi connectivity index (χ4n) is 9.41. The number of thiocarbonyl (C=S) groups is 2. The SMILES string of the molecule is CC(=O)N[C@@H](CCC(=O)O)C(=O)N[C@@H](CC(C)C)C(=O)N[C@@H](C)C(=O)N[C@H](C(=O)N[C@@H](CCC(N)=O)C(=O)NCC(=O)N1CCC[C@H]1C(=O)NCC(N)=O)[C@@H](C)O[C@H]1O[C@H](CO)[C@H](O)[C@H](O[C@H]2O[C@H](CO)[C@H](O)[C@H](O)[C@H]2NC(C)=S)[C@H]1NC(C)=S.